The Hall–Kier alpha value is -2.71. The van der Waals surface area contributed by atoms with Crippen molar-refractivity contribution in [3.8, 4) is 0 Å². The summed E-state index contributed by atoms with van der Waals surface area (Å²) in [6.07, 6.45) is 1.56. The summed E-state index contributed by atoms with van der Waals surface area (Å²) < 4.78 is 5.52. The van der Waals surface area contributed by atoms with Gasteiger partial charge < -0.3 is 24.8 Å². The van der Waals surface area contributed by atoms with Gasteiger partial charge in [-0.1, -0.05) is 37.3 Å². The van der Waals surface area contributed by atoms with Gasteiger partial charge in [-0.3, -0.25) is 0 Å². The molecule has 178 valence electrons. The predicted octanol–water partition coefficient (Wildman–Crippen LogP) is 2.32. The van der Waals surface area contributed by atoms with Gasteiger partial charge in [0.05, 0.1) is 5.69 Å². The molecule has 1 saturated heterocycles. The standard InChI is InChI=1S/C25H36N6O2/c1-19(17-29(2)3)15-23-27-22-16-26-10-9-21(22)24(28-23)30-11-13-31(14-12-30)25(32)33-18-20-7-5-4-6-8-20/h4-8,19,26H,9-18H2,1-3H3/t19-/m1/s1. The highest BCUT2D eigenvalue weighted by Gasteiger charge is 2.27. The van der Waals surface area contributed by atoms with Crippen LogP contribution in [0.15, 0.2) is 30.3 Å². The van der Waals surface area contributed by atoms with Crippen LogP contribution in [0, 0.1) is 5.92 Å². The van der Waals surface area contributed by atoms with E-state index in [1.54, 1.807) is 4.90 Å². The lowest BCUT2D eigenvalue weighted by Crippen LogP contribution is -2.49. The van der Waals surface area contributed by atoms with E-state index in [1.165, 1.54) is 5.56 Å². The van der Waals surface area contributed by atoms with Crippen molar-refractivity contribution in [3.05, 3.63) is 53.0 Å². The van der Waals surface area contributed by atoms with E-state index in [9.17, 15) is 4.79 Å². The molecule has 1 N–H and O–H groups in total. The summed E-state index contributed by atoms with van der Waals surface area (Å²) >= 11 is 0. The van der Waals surface area contributed by atoms with Crippen LogP contribution in [-0.2, 0) is 30.7 Å². The molecule has 0 radical (unpaired) electrons. The number of fused-ring (bicyclic) bond motifs is 1. The maximum absolute atomic E-state index is 12.6. The summed E-state index contributed by atoms with van der Waals surface area (Å²) in [4.78, 5) is 28.8. The molecule has 0 unspecified atom stereocenters. The van der Waals surface area contributed by atoms with Crippen LogP contribution in [0.2, 0.25) is 0 Å². The average Bonchev–Trinajstić information content (AvgIpc) is 2.82. The fourth-order valence-electron chi connectivity index (χ4n) is 4.65. The quantitative estimate of drug-likeness (QED) is 0.691. The number of hydrogen-bond acceptors (Lipinski definition) is 7. The Morgan fingerprint density at radius 2 is 1.91 bits per heavy atom. The number of nitrogens with zero attached hydrogens (tertiary/aromatic N) is 5. The minimum Gasteiger partial charge on any atom is -0.445 e. The number of amides is 1. The lowest BCUT2D eigenvalue weighted by atomic mass is 10.0. The summed E-state index contributed by atoms with van der Waals surface area (Å²) in [5, 5.41) is 3.45. The highest BCUT2D eigenvalue weighted by atomic mass is 16.6. The normalized spacial score (nSPS) is 17.1. The molecule has 0 bridgehead atoms. The highest BCUT2D eigenvalue weighted by molar-refractivity contribution is 5.68. The van der Waals surface area contributed by atoms with Gasteiger partial charge in [0.1, 0.15) is 18.2 Å². The fraction of sp³-hybridized carbons (Fsp3) is 0.560. The number of carbonyl (C=O) groups is 1. The van der Waals surface area contributed by atoms with Gasteiger partial charge in [-0.2, -0.15) is 0 Å². The van der Waals surface area contributed by atoms with Crippen LogP contribution < -0.4 is 10.2 Å². The molecule has 0 spiro atoms. The van der Waals surface area contributed by atoms with Crippen LogP contribution in [-0.4, -0.2) is 79.2 Å². The van der Waals surface area contributed by atoms with E-state index in [2.05, 4.69) is 36.1 Å². The van der Waals surface area contributed by atoms with Crippen molar-refractivity contribution in [1.82, 2.24) is 25.1 Å². The predicted molar refractivity (Wildman–Crippen MR) is 129 cm³/mol. The number of ether oxygens (including phenoxy) is 1. The van der Waals surface area contributed by atoms with E-state index in [0.29, 0.717) is 25.6 Å². The third-order valence-electron chi connectivity index (χ3n) is 6.21. The number of piperazine rings is 1. The largest absolute Gasteiger partial charge is 0.445 e. The van der Waals surface area contributed by atoms with E-state index >= 15 is 0 Å². The number of carbonyl (C=O) groups excluding carboxylic acids is 1. The van der Waals surface area contributed by atoms with Gasteiger partial charge in [0.2, 0.25) is 0 Å². The molecule has 2 aromatic rings. The maximum atomic E-state index is 12.6. The second-order valence-electron chi connectivity index (χ2n) is 9.40. The number of benzene rings is 1. The number of hydrogen-bond donors (Lipinski definition) is 1. The molecule has 33 heavy (non-hydrogen) atoms. The van der Waals surface area contributed by atoms with Crippen LogP contribution in [0.5, 0.6) is 0 Å². The lowest BCUT2D eigenvalue weighted by molar-refractivity contribution is 0.0941. The van der Waals surface area contributed by atoms with E-state index < -0.39 is 0 Å². The molecule has 1 atom stereocenters. The summed E-state index contributed by atoms with van der Waals surface area (Å²) in [7, 11) is 4.20. The van der Waals surface area contributed by atoms with Crippen LogP contribution >= 0.6 is 0 Å². The topological polar surface area (TPSA) is 73.8 Å². The zero-order valence-electron chi connectivity index (χ0n) is 20.1. The van der Waals surface area contributed by atoms with Crippen molar-refractivity contribution in [2.45, 2.75) is 32.9 Å². The van der Waals surface area contributed by atoms with Crippen LogP contribution in [0.3, 0.4) is 0 Å². The molecule has 8 heteroatoms. The smallest absolute Gasteiger partial charge is 0.410 e. The average molecular weight is 453 g/mol. The molecule has 2 aliphatic rings. The summed E-state index contributed by atoms with van der Waals surface area (Å²) in [6.45, 7) is 8.10. The van der Waals surface area contributed by atoms with Crippen molar-refractivity contribution < 1.29 is 9.53 Å². The Morgan fingerprint density at radius 3 is 2.64 bits per heavy atom. The van der Waals surface area contributed by atoms with E-state index in [4.69, 9.17) is 14.7 Å². The molecular formula is C25H36N6O2. The fourth-order valence-corrected chi connectivity index (χ4v) is 4.65. The van der Waals surface area contributed by atoms with Gasteiger partial charge in [-0.25, -0.2) is 14.8 Å². The minimum absolute atomic E-state index is 0.245. The van der Waals surface area contributed by atoms with Gasteiger partial charge >= 0.3 is 6.09 Å². The lowest BCUT2D eigenvalue weighted by Gasteiger charge is -2.36. The molecule has 0 saturated carbocycles. The molecule has 4 rings (SSSR count). The van der Waals surface area contributed by atoms with E-state index in [-0.39, 0.29) is 6.09 Å². The molecule has 2 aliphatic heterocycles. The van der Waals surface area contributed by atoms with Crippen molar-refractivity contribution in [2.75, 3.05) is 58.3 Å². The second-order valence-corrected chi connectivity index (χ2v) is 9.40. The second kappa shape index (κ2) is 10.9. The van der Waals surface area contributed by atoms with Crippen LogP contribution in [0.1, 0.15) is 29.6 Å². The number of nitrogens with one attached hydrogen (secondary N) is 1. The Labute approximate surface area is 196 Å². The molecule has 1 aromatic carbocycles. The Bertz CT molecular complexity index is 928. The SMILES string of the molecule is C[C@H](Cc1nc2c(c(N3CCN(C(=O)OCc4ccccc4)CC3)n1)CCNC2)CN(C)C. The molecule has 1 amide bonds. The van der Waals surface area contributed by atoms with Crippen LogP contribution in [0.4, 0.5) is 10.6 Å². The maximum Gasteiger partial charge on any atom is 0.410 e. The number of rotatable bonds is 7. The van der Waals surface area contributed by atoms with Gasteiger partial charge in [-0.15, -0.1) is 0 Å². The monoisotopic (exact) mass is 452 g/mol. The molecule has 3 heterocycles. The first-order chi connectivity index (χ1) is 16.0. The first-order valence-electron chi connectivity index (χ1n) is 11.9. The van der Waals surface area contributed by atoms with Crippen molar-refractivity contribution in [2.24, 2.45) is 5.92 Å². The highest BCUT2D eigenvalue weighted by Crippen LogP contribution is 2.26. The first kappa shape index (κ1) is 23.4. The zero-order valence-corrected chi connectivity index (χ0v) is 20.1. The Morgan fingerprint density at radius 1 is 1.15 bits per heavy atom. The first-order valence-corrected chi connectivity index (χ1v) is 11.9. The third kappa shape index (κ3) is 6.21. The summed E-state index contributed by atoms with van der Waals surface area (Å²) in [5.41, 5.74) is 3.39. The van der Waals surface area contributed by atoms with Gasteiger partial charge in [0.25, 0.3) is 0 Å². The van der Waals surface area contributed by atoms with Crippen molar-refractivity contribution in [3.63, 3.8) is 0 Å². The molecule has 1 aromatic heterocycles. The zero-order chi connectivity index (χ0) is 23.2. The minimum atomic E-state index is -0.245. The van der Waals surface area contributed by atoms with Crippen molar-refractivity contribution >= 4 is 11.9 Å². The Kier molecular flexibility index (Phi) is 7.77. The van der Waals surface area contributed by atoms with E-state index in [1.807, 2.05) is 30.3 Å². The summed E-state index contributed by atoms with van der Waals surface area (Å²) in [5.74, 6) is 2.47. The number of anilines is 1. The molecule has 8 nitrogen and oxygen atoms in total. The van der Waals surface area contributed by atoms with Crippen molar-refractivity contribution in [1.29, 1.82) is 0 Å². The Balaban J connectivity index is 1.40. The molecular weight excluding hydrogens is 416 g/mol. The summed E-state index contributed by atoms with van der Waals surface area (Å²) in [6, 6.07) is 9.80. The van der Waals surface area contributed by atoms with Gasteiger partial charge in [0, 0.05) is 51.3 Å². The molecule has 0 aliphatic carbocycles. The number of aromatic nitrogens is 2. The van der Waals surface area contributed by atoms with Gasteiger partial charge in [0.15, 0.2) is 0 Å². The molecule has 1 fully saturated rings. The van der Waals surface area contributed by atoms with Crippen LogP contribution in [0.25, 0.3) is 0 Å². The van der Waals surface area contributed by atoms with Gasteiger partial charge in [-0.05, 0) is 38.5 Å². The van der Waals surface area contributed by atoms with E-state index in [0.717, 1.165) is 68.5 Å². The third-order valence-corrected chi connectivity index (χ3v) is 6.21.